The van der Waals surface area contributed by atoms with Crippen molar-refractivity contribution in [2.24, 2.45) is 0 Å². The zero-order valence-corrected chi connectivity index (χ0v) is 17.1. The zero-order valence-electron chi connectivity index (χ0n) is 16.3. The van der Waals surface area contributed by atoms with Crippen LogP contribution in [0, 0.1) is 10.1 Å². The van der Waals surface area contributed by atoms with Gasteiger partial charge in [0.1, 0.15) is 0 Å². The number of hydrogen-bond donors (Lipinski definition) is 1. The number of rotatable bonds is 5. The summed E-state index contributed by atoms with van der Waals surface area (Å²) in [6.07, 6.45) is 1.70. The molecule has 1 aliphatic carbocycles. The van der Waals surface area contributed by atoms with Crippen LogP contribution >= 0.6 is 12.2 Å². The molecule has 28 heavy (non-hydrogen) atoms. The minimum Gasteiger partial charge on any atom is -0.493 e. The van der Waals surface area contributed by atoms with E-state index in [1.165, 1.54) is 13.2 Å². The van der Waals surface area contributed by atoms with Crippen LogP contribution in [0.4, 0.5) is 5.69 Å². The van der Waals surface area contributed by atoms with Crippen LogP contribution in [0.2, 0.25) is 0 Å². The lowest BCUT2D eigenvalue weighted by Crippen LogP contribution is -2.47. The number of nitrogens with zero attached hydrogens (tertiary/aromatic N) is 2. The summed E-state index contributed by atoms with van der Waals surface area (Å²) in [6, 6.07) is 2.21. The zero-order chi connectivity index (χ0) is 20.6. The van der Waals surface area contributed by atoms with Crippen molar-refractivity contribution >= 4 is 28.8 Å². The molecule has 0 fully saturated rings. The Balaban J connectivity index is 2.23. The normalized spacial score (nSPS) is 19.5. The molecule has 0 bridgehead atoms. The van der Waals surface area contributed by atoms with E-state index in [1.807, 2.05) is 13.8 Å². The van der Waals surface area contributed by atoms with Crippen molar-refractivity contribution in [3.63, 3.8) is 0 Å². The number of nitrogens with one attached hydrogen (secondary N) is 1. The maximum Gasteiger partial charge on any atom is 0.279 e. The number of Topliss-reactive ketones (excluding diaryl/α,β-unsaturated/α-hetero) is 1. The lowest BCUT2D eigenvalue weighted by molar-refractivity contribution is -0.385. The van der Waals surface area contributed by atoms with Gasteiger partial charge in [-0.3, -0.25) is 14.9 Å². The number of ketones is 1. The number of thiocarbonyl (C=S) groups is 1. The number of nitro groups is 1. The fraction of sp³-hybridized carbons (Fsp3) is 0.474. The molecule has 1 aliphatic heterocycles. The molecule has 8 nitrogen and oxygen atoms in total. The molecule has 0 saturated heterocycles. The molecular formula is C19H23N3O5S. The van der Waals surface area contributed by atoms with Crippen LogP contribution in [0.5, 0.6) is 11.5 Å². The maximum absolute atomic E-state index is 12.7. The van der Waals surface area contributed by atoms with E-state index in [9.17, 15) is 14.9 Å². The summed E-state index contributed by atoms with van der Waals surface area (Å²) in [5.41, 5.74) is 1.54. The standard InChI is InChI=1S/C19H23N3O5S/c1-10(2)27-16-8-11(13(22(24)25)9-15(16)26-4)18-17-12(6-5-7-14(17)23)21(3)19(28)20-18/h8-10,18H,5-7H2,1-4H3,(H,20,28). The van der Waals surface area contributed by atoms with Crippen LogP contribution in [-0.2, 0) is 4.79 Å². The van der Waals surface area contributed by atoms with Gasteiger partial charge in [-0.05, 0) is 45.0 Å². The molecule has 0 saturated carbocycles. The molecule has 2 aliphatic rings. The predicted octanol–water partition coefficient (Wildman–Crippen LogP) is 3.26. The van der Waals surface area contributed by atoms with Crippen molar-refractivity contribution in [1.29, 1.82) is 0 Å². The van der Waals surface area contributed by atoms with E-state index in [4.69, 9.17) is 21.7 Å². The third kappa shape index (κ3) is 3.54. The van der Waals surface area contributed by atoms with Crippen LogP contribution in [0.25, 0.3) is 0 Å². The second-order valence-corrected chi connectivity index (χ2v) is 7.45. The Kier molecular flexibility index (Phi) is 5.55. The van der Waals surface area contributed by atoms with Gasteiger partial charge in [-0.25, -0.2) is 0 Å². The Labute approximate surface area is 168 Å². The summed E-state index contributed by atoms with van der Waals surface area (Å²) < 4.78 is 11.1. The molecule has 1 aromatic rings. The molecule has 0 aromatic heterocycles. The van der Waals surface area contributed by atoms with Gasteiger partial charge in [-0.1, -0.05) is 0 Å². The maximum atomic E-state index is 12.7. The van der Waals surface area contributed by atoms with Crippen molar-refractivity contribution in [3.05, 3.63) is 39.1 Å². The van der Waals surface area contributed by atoms with Crippen LogP contribution in [0.1, 0.15) is 44.7 Å². The first-order chi connectivity index (χ1) is 13.2. The smallest absolute Gasteiger partial charge is 0.279 e. The van der Waals surface area contributed by atoms with Crippen LogP contribution in [-0.4, -0.2) is 41.0 Å². The molecule has 0 amide bonds. The van der Waals surface area contributed by atoms with Gasteiger partial charge in [0.15, 0.2) is 22.4 Å². The lowest BCUT2D eigenvalue weighted by atomic mass is 9.84. The van der Waals surface area contributed by atoms with Crippen molar-refractivity contribution in [1.82, 2.24) is 10.2 Å². The minimum absolute atomic E-state index is 0.0236. The van der Waals surface area contributed by atoms with Crippen molar-refractivity contribution in [2.45, 2.75) is 45.3 Å². The first-order valence-corrected chi connectivity index (χ1v) is 9.48. The largest absolute Gasteiger partial charge is 0.493 e. The average Bonchev–Trinajstić information content (AvgIpc) is 2.64. The molecule has 9 heteroatoms. The van der Waals surface area contributed by atoms with Gasteiger partial charge in [0.25, 0.3) is 5.69 Å². The lowest BCUT2D eigenvalue weighted by Gasteiger charge is -2.39. The number of methoxy groups -OCH3 is 1. The van der Waals surface area contributed by atoms with Crippen molar-refractivity contribution in [2.75, 3.05) is 14.2 Å². The number of carbonyl (C=O) groups is 1. The highest BCUT2D eigenvalue weighted by atomic mass is 32.1. The van der Waals surface area contributed by atoms with Gasteiger partial charge in [-0.15, -0.1) is 0 Å². The topological polar surface area (TPSA) is 93.9 Å². The van der Waals surface area contributed by atoms with Gasteiger partial charge in [0.05, 0.1) is 35.8 Å². The van der Waals surface area contributed by atoms with Gasteiger partial charge < -0.3 is 19.7 Å². The van der Waals surface area contributed by atoms with Crippen molar-refractivity contribution < 1.29 is 19.2 Å². The average molecular weight is 405 g/mol. The second kappa shape index (κ2) is 7.75. The quantitative estimate of drug-likeness (QED) is 0.453. The molecular weight excluding hydrogens is 382 g/mol. The molecule has 1 N–H and O–H groups in total. The molecule has 1 unspecified atom stereocenters. The summed E-state index contributed by atoms with van der Waals surface area (Å²) in [5.74, 6) is 0.628. The van der Waals surface area contributed by atoms with E-state index in [-0.39, 0.29) is 23.3 Å². The Morgan fingerprint density at radius 1 is 1.32 bits per heavy atom. The molecule has 150 valence electrons. The van der Waals surface area contributed by atoms with Crippen LogP contribution in [0.3, 0.4) is 0 Å². The molecule has 1 aromatic carbocycles. The molecule has 0 spiro atoms. The van der Waals surface area contributed by atoms with E-state index in [0.717, 1.165) is 12.1 Å². The second-order valence-electron chi connectivity index (χ2n) is 7.06. The highest BCUT2D eigenvalue weighted by molar-refractivity contribution is 7.80. The third-order valence-electron chi connectivity index (χ3n) is 4.88. The monoisotopic (exact) mass is 405 g/mol. The summed E-state index contributed by atoms with van der Waals surface area (Å²) in [7, 11) is 3.23. The SMILES string of the molecule is COc1cc([N+](=O)[O-])c(C2NC(=S)N(C)C3=C2C(=O)CCC3)cc1OC(C)C. The van der Waals surface area contributed by atoms with Gasteiger partial charge in [0, 0.05) is 24.7 Å². The van der Waals surface area contributed by atoms with Gasteiger partial charge in [-0.2, -0.15) is 0 Å². The Morgan fingerprint density at radius 3 is 2.64 bits per heavy atom. The number of benzene rings is 1. The van der Waals surface area contributed by atoms with E-state index in [0.29, 0.717) is 34.8 Å². The Morgan fingerprint density at radius 2 is 2.04 bits per heavy atom. The van der Waals surface area contributed by atoms with Crippen LogP contribution in [0.15, 0.2) is 23.4 Å². The third-order valence-corrected chi connectivity index (χ3v) is 5.27. The molecule has 1 atom stereocenters. The Hall–Kier alpha value is -2.68. The molecule has 0 radical (unpaired) electrons. The van der Waals surface area contributed by atoms with E-state index in [1.54, 1.807) is 18.0 Å². The summed E-state index contributed by atoms with van der Waals surface area (Å²) in [4.78, 5) is 25.8. The number of carbonyl (C=O) groups excluding carboxylic acids is 1. The van der Waals surface area contributed by atoms with Gasteiger partial charge in [0.2, 0.25) is 0 Å². The van der Waals surface area contributed by atoms with Gasteiger partial charge >= 0.3 is 0 Å². The number of nitro benzene ring substituents is 1. The number of ether oxygens (including phenoxy) is 2. The van der Waals surface area contributed by atoms with E-state index >= 15 is 0 Å². The highest BCUT2D eigenvalue weighted by Gasteiger charge is 2.39. The molecule has 3 rings (SSSR count). The van der Waals surface area contributed by atoms with E-state index in [2.05, 4.69) is 5.32 Å². The Bertz CT molecular complexity index is 881. The number of allylic oxidation sites excluding steroid dienone is 1. The summed E-state index contributed by atoms with van der Waals surface area (Å²) >= 11 is 5.42. The fourth-order valence-electron chi connectivity index (χ4n) is 3.63. The molecule has 1 heterocycles. The first kappa shape index (κ1) is 20.1. The minimum atomic E-state index is -0.702. The fourth-order valence-corrected chi connectivity index (χ4v) is 3.86. The first-order valence-electron chi connectivity index (χ1n) is 9.08. The van der Waals surface area contributed by atoms with E-state index < -0.39 is 11.0 Å². The predicted molar refractivity (Wildman–Crippen MR) is 108 cm³/mol. The van der Waals surface area contributed by atoms with Crippen molar-refractivity contribution in [3.8, 4) is 11.5 Å². The summed E-state index contributed by atoms with van der Waals surface area (Å²) in [5, 5.41) is 15.3. The summed E-state index contributed by atoms with van der Waals surface area (Å²) in [6.45, 7) is 3.71. The number of hydrogen-bond acceptors (Lipinski definition) is 6. The van der Waals surface area contributed by atoms with Crippen LogP contribution < -0.4 is 14.8 Å². The highest BCUT2D eigenvalue weighted by Crippen LogP contribution is 2.43.